The smallest absolute Gasteiger partial charge is 0.422 e. The summed E-state index contributed by atoms with van der Waals surface area (Å²) in [5, 5.41) is 3.29. The van der Waals surface area contributed by atoms with Crippen LogP contribution >= 0.6 is 0 Å². The second kappa shape index (κ2) is 7.73. The topological polar surface area (TPSA) is 46.1 Å². The molecular formula is C18H24F3N3O2. The van der Waals surface area contributed by atoms with Crippen LogP contribution in [0.5, 0.6) is 5.75 Å². The largest absolute Gasteiger partial charge is 0.484 e. The van der Waals surface area contributed by atoms with Gasteiger partial charge in [0.2, 0.25) is 0 Å². The number of hydrogen-bond donors (Lipinski definition) is 1. The average Bonchev–Trinajstić information content (AvgIpc) is 3.24. The number of alkyl halides is 3. The molecule has 0 radical (unpaired) electrons. The third-order valence-electron chi connectivity index (χ3n) is 4.89. The fourth-order valence-electron chi connectivity index (χ4n) is 3.51. The Morgan fingerprint density at radius 1 is 1.38 bits per heavy atom. The zero-order valence-electron chi connectivity index (χ0n) is 14.8. The second-order valence-electron chi connectivity index (χ2n) is 6.93. The van der Waals surface area contributed by atoms with Gasteiger partial charge in [-0.2, -0.15) is 13.2 Å². The number of halogens is 3. The fourth-order valence-corrected chi connectivity index (χ4v) is 3.51. The number of aliphatic imine (C=N–C) groups is 1. The highest BCUT2D eigenvalue weighted by Crippen LogP contribution is 2.38. The minimum Gasteiger partial charge on any atom is -0.484 e. The molecule has 1 unspecified atom stereocenters. The van der Waals surface area contributed by atoms with Crippen molar-refractivity contribution in [3.63, 3.8) is 0 Å². The first-order valence-corrected chi connectivity index (χ1v) is 8.71. The van der Waals surface area contributed by atoms with Gasteiger partial charge in [0.05, 0.1) is 6.61 Å². The Kier molecular flexibility index (Phi) is 5.60. The van der Waals surface area contributed by atoms with E-state index in [0.717, 1.165) is 50.7 Å². The summed E-state index contributed by atoms with van der Waals surface area (Å²) in [5.74, 6) is 1.01. The summed E-state index contributed by atoms with van der Waals surface area (Å²) in [6, 6.07) is 6.67. The molecule has 8 heteroatoms. The van der Waals surface area contributed by atoms with Crippen molar-refractivity contribution in [1.82, 2.24) is 10.2 Å². The minimum absolute atomic E-state index is 0.208. The minimum atomic E-state index is -4.34. The molecule has 2 heterocycles. The zero-order chi connectivity index (χ0) is 18.6. The maximum absolute atomic E-state index is 12.3. The monoisotopic (exact) mass is 371 g/mol. The second-order valence-corrected chi connectivity index (χ2v) is 6.93. The molecule has 144 valence electrons. The molecule has 2 saturated heterocycles. The van der Waals surface area contributed by atoms with Gasteiger partial charge in [0.25, 0.3) is 0 Å². The van der Waals surface area contributed by atoms with Gasteiger partial charge in [-0.1, -0.05) is 12.1 Å². The van der Waals surface area contributed by atoms with Gasteiger partial charge in [0.15, 0.2) is 12.6 Å². The van der Waals surface area contributed by atoms with Gasteiger partial charge in [-0.25, -0.2) is 0 Å². The number of hydrogen-bond acceptors (Lipinski definition) is 3. The Morgan fingerprint density at radius 2 is 2.23 bits per heavy atom. The highest BCUT2D eigenvalue weighted by atomic mass is 19.4. The molecule has 2 fully saturated rings. The van der Waals surface area contributed by atoms with Crippen molar-refractivity contribution in [2.24, 2.45) is 10.4 Å². The van der Waals surface area contributed by atoms with E-state index in [4.69, 9.17) is 9.47 Å². The Hall–Kier alpha value is -1.96. The molecule has 0 aliphatic carbocycles. The molecule has 0 saturated carbocycles. The lowest BCUT2D eigenvalue weighted by molar-refractivity contribution is -0.153. The molecule has 1 atom stereocenters. The summed E-state index contributed by atoms with van der Waals surface area (Å²) in [6.45, 7) is 2.65. The maximum Gasteiger partial charge on any atom is 0.422 e. The van der Waals surface area contributed by atoms with Crippen molar-refractivity contribution >= 4 is 5.96 Å². The molecule has 2 aliphatic rings. The van der Waals surface area contributed by atoms with Gasteiger partial charge >= 0.3 is 6.18 Å². The molecule has 3 rings (SSSR count). The predicted molar refractivity (Wildman–Crippen MR) is 92.2 cm³/mol. The highest BCUT2D eigenvalue weighted by Gasteiger charge is 2.42. The van der Waals surface area contributed by atoms with Crippen LogP contribution in [-0.2, 0) is 11.3 Å². The Balaban J connectivity index is 1.54. The number of rotatable bonds is 4. The molecule has 0 amide bonds. The number of likely N-dealkylation sites (tertiary alicyclic amines) is 1. The quantitative estimate of drug-likeness (QED) is 0.653. The zero-order valence-corrected chi connectivity index (χ0v) is 14.8. The van der Waals surface area contributed by atoms with Crippen molar-refractivity contribution in [2.75, 3.05) is 40.0 Å². The van der Waals surface area contributed by atoms with Gasteiger partial charge in [0.1, 0.15) is 5.75 Å². The van der Waals surface area contributed by atoms with Crippen LogP contribution in [0.2, 0.25) is 0 Å². The Bertz CT molecular complexity index is 643. The first kappa shape index (κ1) is 18.8. The third kappa shape index (κ3) is 4.81. The molecule has 5 nitrogen and oxygen atoms in total. The van der Waals surface area contributed by atoms with Crippen molar-refractivity contribution in [3.05, 3.63) is 29.8 Å². The molecule has 0 aromatic heterocycles. The van der Waals surface area contributed by atoms with Crippen LogP contribution in [-0.4, -0.2) is 57.0 Å². The molecular weight excluding hydrogens is 347 g/mol. The van der Waals surface area contributed by atoms with Crippen molar-refractivity contribution in [2.45, 2.75) is 25.6 Å². The lowest BCUT2D eigenvalue weighted by atomic mass is 9.87. The van der Waals surface area contributed by atoms with Crippen LogP contribution in [0, 0.1) is 5.41 Å². The van der Waals surface area contributed by atoms with Crippen LogP contribution in [0.4, 0.5) is 13.2 Å². The van der Waals surface area contributed by atoms with Crippen LogP contribution < -0.4 is 10.1 Å². The van der Waals surface area contributed by atoms with Crippen molar-refractivity contribution in [1.29, 1.82) is 0 Å². The van der Waals surface area contributed by atoms with Crippen LogP contribution in [0.1, 0.15) is 18.4 Å². The highest BCUT2D eigenvalue weighted by molar-refractivity contribution is 5.80. The normalized spacial score (nSPS) is 23.7. The first-order valence-electron chi connectivity index (χ1n) is 8.71. The van der Waals surface area contributed by atoms with E-state index in [1.807, 2.05) is 6.07 Å². The van der Waals surface area contributed by atoms with Crippen molar-refractivity contribution in [3.8, 4) is 5.75 Å². The number of guanidine groups is 1. The molecule has 1 aromatic carbocycles. The average molecular weight is 371 g/mol. The standard InChI is InChI=1S/C18H24F3N3O2/c1-22-16(24-7-5-17(11-24)6-8-25-12-17)23-10-14-3-2-4-15(9-14)26-13-18(19,20)21/h2-4,9H,5-8,10-13H2,1H3,(H,22,23). The summed E-state index contributed by atoms with van der Waals surface area (Å²) in [4.78, 5) is 6.56. The summed E-state index contributed by atoms with van der Waals surface area (Å²) < 4.78 is 47.2. The first-order chi connectivity index (χ1) is 12.4. The predicted octanol–water partition coefficient (Wildman–Crippen LogP) is 2.82. The van der Waals surface area contributed by atoms with E-state index < -0.39 is 12.8 Å². The Labute approximate surface area is 151 Å². The van der Waals surface area contributed by atoms with Gasteiger partial charge in [-0.3, -0.25) is 4.99 Å². The number of nitrogens with one attached hydrogen (secondary N) is 1. The van der Waals surface area contributed by atoms with Gasteiger partial charge in [0, 0.05) is 38.7 Å². The number of ether oxygens (including phenoxy) is 2. The summed E-state index contributed by atoms with van der Waals surface area (Å²) in [5.41, 5.74) is 1.08. The van der Waals surface area contributed by atoms with E-state index in [1.165, 1.54) is 6.07 Å². The lowest BCUT2D eigenvalue weighted by Crippen LogP contribution is -2.41. The van der Waals surface area contributed by atoms with Gasteiger partial charge in [-0.15, -0.1) is 0 Å². The number of nitrogens with zero attached hydrogens (tertiary/aromatic N) is 2. The fraction of sp³-hybridized carbons (Fsp3) is 0.611. The van der Waals surface area contributed by atoms with Crippen LogP contribution in [0.15, 0.2) is 29.3 Å². The van der Waals surface area contributed by atoms with E-state index >= 15 is 0 Å². The molecule has 1 aromatic rings. The summed E-state index contributed by atoms with van der Waals surface area (Å²) >= 11 is 0. The van der Waals surface area contributed by atoms with E-state index in [1.54, 1.807) is 19.2 Å². The van der Waals surface area contributed by atoms with Crippen molar-refractivity contribution < 1.29 is 22.6 Å². The van der Waals surface area contributed by atoms with Gasteiger partial charge < -0.3 is 19.7 Å². The molecule has 2 aliphatic heterocycles. The van der Waals surface area contributed by atoms with Crippen LogP contribution in [0.3, 0.4) is 0 Å². The summed E-state index contributed by atoms with van der Waals surface area (Å²) in [6.07, 6.45) is -2.17. The number of benzene rings is 1. The van der Waals surface area contributed by atoms with E-state index in [2.05, 4.69) is 15.2 Å². The van der Waals surface area contributed by atoms with E-state index in [0.29, 0.717) is 6.54 Å². The molecule has 1 N–H and O–H groups in total. The third-order valence-corrected chi connectivity index (χ3v) is 4.89. The summed E-state index contributed by atoms with van der Waals surface area (Å²) in [7, 11) is 1.74. The molecule has 0 bridgehead atoms. The molecule has 26 heavy (non-hydrogen) atoms. The van der Waals surface area contributed by atoms with E-state index in [9.17, 15) is 13.2 Å². The lowest BCUT2D eigenvalue weighted by Gasteiger charge is -2.25. The van der Waals surface area contributed by atoms with Crippen LogP contribution in [0.25, 0.3) is 0 Å². The molecule has 1 spiro atoms. The SMILES string of the molecule is CN=C(NCc1cccc(OCC(F)(F)F)c1)N1CCC2(CCOC2)C1. The maximum atomic E-state index is 12.3. The Morgan fingerprint density at radius 3 is 2.92 bits per heavy atom. The van der Waals surface area contributed by atoms with E-state index in [-0.39, 0.29) is 11.2 Å². The van der Waals surface area contributed by atoms with Gasteiger partial charge in [-0.05, 0) is 30.5 Å².